The molecule has 2 fully saturated rings. The van der Waals surface area contributed by atoms with E-state index in [9.17, 15) is 24.1 Å². The Bertz CT molecular complexity index is 1230. The molecule has 12 nitrogen and oxygen atoms in total. The quantitative estimate of drug-likeness (QED) is 0.310. The largest absolute Gasteiger partial charge is 0.461 e. The van der Waals surface area contributed by atoms with E-state index >= 15 is 0 Å². The summed E-state index contributed by atoms with van der Waals surface area (Å²) in [4.78, 5) is 38.5. The van der Waals surface area contributed by atoms with Gasteiger partial charge in [-0.15, -0.1) is 0 Å². The van der Waals surface area contributed by atoms with Gasteiger partial charge in [-0.05, 0) is 45.2 Å². The number of nitrogens with zero attached hydrogens (tertiary/aromatic N) is 1. The number of aliphatic hydroxyl groups excluding tert-OH is 1. The molecule has 36 heavy (non-hydrogen) atoms. The minimum absolute atomic E-state index is 0.0425. The second-order valence-electron chi connectivity index (χ2n) is 8.95. The SMILES string of the molecule is Cc1cn([C@@H]2C[C@@H](O)[C@H](COP(=O)(NC(C)C(=O)OC3CCC3)Oc3ccccc3)O2)c(=O)[nH]c1=O. The first kappa shape index (κ1) is 26.3. The van der Waals surface area contributed by atoms with Crippen molar-refractivity contribution in [1.82, 2.24) is 14.6 Å². The van der Waals surface area contributed by atoms with E-state index in [0.29, 0.717) is 5.56 Å². The Kier molecular flexibility index (Phi) is 8.11. The molecule has 0 spiro atoms. The van der Waals surface area contributed by atoms with Gasteiger partial charge in [0.2, 0.25) is 0 Å². The molecule has 13 heteroatoms. The molecule has 0 radical (unpaired) electrons. The molecule has 1 aliphatic heterocycles. The molecule has 1 saturated heterocycles. The highest BCUT2D eigenvalue weighted by molar-refractivity contribution is 7.52. The number of aromatic amines is 1. The summed E-state index contributed by atoms with van der Waals surface area (Å²) in [5, 5.41) is 13.1. The van der Waals surface area contributed by atoms with E-state index in [1.807, 2.05) is 0 Å². The molecule has 0 amide bonds. The summed E-state index contributed by atoms with van der Waals surface area (Å²) >= 11 is 0. The highest BCUT2D eigenvalue weighted by atomic mass is 31.2. The van der Waals surface area contributed by atoms with Crippen LogP contribution in [0.15, 0.2) is 46.1 Å². The number of carbonyl (C=O) groups excluding carboxylic acids is 1. The Hall–Kier alpha value is -2.76. The molecule has 1 aromatic carbocycles. The standard InChI is InChI=1S/C23H30N3O9P/c1-14-12-26(23(30)24-21(14)28)20-11-18(27)19(34-20)13-32-36(31,35-17-7-4-3-5-8-17)25-15(2)22(29)33-16-9-6-10-16/h3-5,7-8,12,15-16,18-20,27H,6,9-11,13H2,1-2H3,(H,25,31)(H,24,28,30)/t15?,18-,19+,20+,36?/m1/s1. The van der Waals surface area contributed by atoms with Gasteiger partial charge in [0.1, 0.15) is 30.2 Å². The van der Waals surface area contributed by atoms with Crippen molar-refractivity contribution in [3.8, 4) is 5.75 Å². The number of rotatable bonds is 10. The number of hydrogen-bond donors (Lipinski definition) is 3. The van der Waals surface area contributed by atoms with Crippen LogP contribution in [0.25, 0.3) is 0 Å². The van der Waals surface area contributed by atoms with Crippen LogP contribution in [0.2, 0.25) is 0 Å². The topological polar surface area (TPSA) is 158 Å². The number of hydrogen-bond acceptors (Lipinski definition) is 9. The van der Waals surface area contributed by atoms with E-state index in [1.165, 1.54) is 17.7 Å². The molecule has 2 aliphatic rings. The Morgan fingerprint density at radius 3 is 2.69 bits per heavy atom. The van der Waals surface area contributed by atoms with E-state index in [1.54, 1.807) is 37.3 Å². The smallest absolute Gasteiger partial charge is 0.459 e. The fourth-order valence-electron chi connectivity index (χ4n) is 3.76. The molecule has 1 aromatic heterocycles. The van der Waals surface area contributed by atoms with Crippen molar-refractivity contribution >= 4 is 13.7 Å². The van der Waals surface area contributed by atoms with Gasteiger partial charge in [-0.1, -0.05) is 18.2 Å². The lowest BCUT2D eigenvalue weighted by molar-refractivity contribution is -0.154. The van der Waals surface area contributed by atoms with Crippen LogP contribution in [-0.4, -0.2) is 51.6 Å². The van der Waals surface area contributed by atoms with E-state index in [4.69, 9.17) is 18.5 Å². The summed E-state index contributed by atoms with van der Waals surface area (Å²) in [6, 6.07) is 7.30. The molecule has 4 rings (SSSR count). The van der Waals surface area contributed by atoms with Crippen molar-refractivity contribution in [1.29, 1.82) is 0 Å². The molecule has 2 aromatic rings. The Morgan fingerprint density at radius 1 is 1.31 bits per heavy atom. The summed E-state index contributed by atoms with van der Waals surface area (Å²) in [6.07, 6.45) is 0.955. The lowest BCUT2D eigenvalue weighted by atomic mass is 9.96. The van der Waals surface area contributed by atoms with E-state index < -0.39 is 49.4 Å². The molecule has 2 heterocycles. The molecular weight excluding hydrogens is 493 g/mol. The maximum atomic E-state index is 13.6. The van der Waals surface area contributed by atoms with E-state index in [0.717, 1.165) is 19.3 Å². The number of esters is 1. The molecule has 0 bridgehead atoms. The number of carbonyl (C=O) groups is 1. The van der Waals surface area contributed by atoms with Crippen molar-refractivity contribution in [3.05, 3.63) is 62.9 Å². The Morgan fingerprint density at radius 2 is 2.03 bits per heavy atom. The summed E-state index contributed by atoms with van der Waals surface area (Å²) in [7, 11) is -4.14. The van der Waals surface area contributed by atoms with Crippen LogP contribution in [0, 0.1) is 6.92 Å². The molecule has 1 aliphatic carbocycles. The number of nitrogens with one attached hydrogen (secondary N) is 2. The van der Waals surface area contributed by atoms with E-state index in [-0.39, 0.29) is 24.9 Å². The molecule has 5 atom stereocenters. The number of H-pyrrole nitrogens is 1. The highest BCUT2D eigenvalue weighted by Gasteiger charge is 2.40. The number of ether oxygens (including phenoxy) is 2. The average molecular weight is 523 g/mol. The number of aliphatic hydroxyl groups is 1. The first-order valence-electron chi connectivity index (χ1n) is 11.8. The number of para-hydroxylation sites is 1. The van der Waals surface area contributed by atoms with Crippen molar-refractivity contribution in [2.75, 3.05) is 6.61 Å². The van der Waals surface area contributed by atoms with Gasteiger partial charge in [0.15, 0.2) is 0 Å². The third-order valence-electron chi connectivity index (χ3n) is 6.08. The van der Waals surface area contributed by atoms with Gasteiger partial charge < -0.3 is 19.1 Å². The second kappa shape index (κ2) is 11.1. The zero-order valence-electron chi connectivity index (χ0n) is 20.0. The molecular formula is C23H30N3O9P. The monoisotopic (exact) mass is 523 g/mol. The minimum atomic E-state index is -4.14. The van der Waals surface area contributed by atoms with Crippen LogP contribution in [0.1, 0.15) is 44.4 Å². The van der Waals surface area contributed by atoms with Crippen LogP contribution in [0.4, 0.5) is 0 Å². The van der Waals surface area contributed by atoms with Crippen LogP contribution >= 0.6 is 7.75 Å². The van der Waals surface area contributed by atoms with Crippen molar-refractivity contribution in [3.63, 3.8) is 0 Å². The van der Waals surface area contributed by atoms with Gasteiger partial charge in [0, 0.05) is 18.2 Å². The third kappa shape index (κ3) is 6.32. The molecule has 196 valence electrons. The van der Waals surface area contributed by atoms with Crippen LogP contribution < -0.4 is 20.9 Å². The predicted molar refractivity (Wildman–Crippen MR) is 128 cm³/mol. The Balaban J connectivity index is 1.44. The summed E-state index contributed by atoms with van der Waals surface area (Å²) in [5.74, 6) is -0.334. The third-order valence-corrected chi connectivity index (χ3v) is 7.72. The molecule has 2 unspecified atom stereocenters. The van der Waals surface area contributed by atoms with Gasteiger partial charge in [-0.2, -0.15) is 5.09 Å². The van der Waals surface area contributed by atoms with Crippen LogP contribution in [0.5, 0.6) is 5.75 Å². The molecule has 1 saturated carbocycles. The lowest BCUT2D eigenvalue weighted by Crippen LogP contribution is -2.39. The first-order chi connectivity index (χ1) is 17.1. The summed E-state index contributed by atoms with van der Waals surface area (Å²) in [5.41, 5.74) is -0.882. The van der Waals surface area contributed by atoms with Crippen molar-refractivity contribution in [2.45, 2.75) is 70.1 Å². The average Bonchev–Trinajstić information content (AvgIpc) is 3.18. The van der Waals surface area contributed by atoms with Gasteiger partial charge in [0.05, 0.1) is 12.7 Å². The van der Waals surface area contributed by atoms with Gasteiger partial charge in [0.25, 0.3) is 5.56 Å². The number of benzene rings is 1. The lowest BCUT2D eigenvalue weighted by Gasteiger charge is -2.28. The normalized spacial score (nSPS) is 24.5. The van der Waals surface area contributed by atoms with Gasteiger partial charge in [-0.25, -0.2) is 9.36 Å². The number of aryl methyl sites for hydroxylation is 1. The van der Waals surface area contributed by atoms with Crippen molar-refractivity contribution < 1.29 is 33.0 Å². The van der Waals surface area contributed by atoms with Gasteiger partial charge >= 0.3 is 19.4 Å². The predicted octanol–water partition coefficient (Wildman–Crippen LogP) is 1.77. The number of aromatic nitrogens is 2. The maximum absolute atomic E-state index is 13.6. The minimum Gasteiger partial charge on any atom is -0.461 e. The fourth-order valence-corrected chi connectivity index (χ4v) is 5.26. The van der Waals surface area contributed by atoms with E-state index in [2.05, 4.69) is 10.1 Å². The van der Waals surface area contributed by atoms with Gasteiger partial charge in [-0.3, -0.25) is 23.7 Å². The highest BCUT2D eigenvalue weighted by Crippen LogP contribution is 2.46. The zero-order chi connectivity index (χ0) is 25.9. The summed E-state index contributed by atoms with van der Waals surface area (Å²) in [6.45, 7) is 2.67. The summed E-state index contributed by atoms with van der Waals surface area (Å²) < 4.78 is 37.2. The first-order valence-corrected chi connectivity index (χ1v) is 13.3. The fraction of sp³-hybridized carbons (Fsp3) is 0.522. The van der Waals surface area contributed by atoms with Crippen LogP contribution in [0.3, 0.4) is 0 Å². The van der Waals surface area contributed by atoms with Crippen LogP contribution in [-0.2, 0) is 23.4 Å². The Labute approximate surface area is 207 Å². The molecule has 3 N–H and O–H groups in total. The second-order valence-corrected chi connectivity index (χ2v) is 10.6. The zero-order valence-corrected chi connectivity index (χ0v) is 20.9. The maximum Gasteiger partial charge on any atom is 0.459 e. The van der Waals surface area contributed by atoms with Crippen molar-refractivity contribution in [2.24, 2.45) is 0 Å².